The molecule has 5 heteroatoms. The van der Waals surface area contributed by atoms with Gasteiger partial charge in [-0.3, -0.25) is 0 Å². The van der Waals surface area contributed by atoms with Crippen molar-refractivity contribution in [2.75, 3.05) is 0 Å². The number of carboxylic acid groups (broad SMARTS) is 1. The second-order valence-electron chi connectivity index (χ2n) is 8.72. The Hall–Kier alpha value is -3.11. The molecule has 0 saturated carbocycles. The summed E-state index contributed by atoms with van der Waals surface area (Å²) in [5.41, 5.74) is 5.30. The predicted molar refractivity (Wildman–Crippen MR) is 141 cm³/mol. The Kier molecular flexibility index (Phi) is 8.51. The average molecular weight is 477 g/mol. The quantitative estimate of drug-likeness (QED) is 0.296. The third-order valence-electron chi connectivity index (χ3n) is 5.82. The highest BCUT2D eigenvalue weighted by atomic mass is 35.5. The van der Waals surface area contributed by atoms with Gasteiger partial charge < -0.3 is 9.67 Å². The van der Waals surface area contributed by atoms with Crippen LogP contribution in [0.4, 0.5) is 0 Å². The zero-order valence-electron chi connectivity index (χ0n) is 20.5. The molecule has 3 aromatic carbocycles. The van der Waals surface area contributed by atoms with E-state index in [-0.39, 0.29) is 11.5 Å². The van der Waals surface area contributed by atoms with Crippen molar-refractivity contribution in [3.8, 4) is 0 Å². The monoisotopic (exact) mass is 476 g/mol. The first-order chi connectivity index (χ1) is 16.3. The van der Waals surface area contributed by atoms with Gasteiger partial charge in [-0.1, -0.05) is 88.7 Å². The Labute approximate surface area is 207 Å². The fourth-order valence-corrected chi connectivity index (χ4v) is 4.33. The number of hydrogen-bond donors (Lipinski definition) is 1. The number of carbonyl (C=O) groups is 1. The maximum absolute atomic E-state index is 11.5. The van der Waals surface area contributed by atoms with E-state index in [1.54, 1.807) is 12.1 Å². The third-order valence-corrected chi connectivity index (χ3v) is 6.19. The molecule has 0 aliphatic heterocycles. The zero-order valence-corrected chi connectivity index (χ0v) is 21.3. The number of fused-ring (bicyclic) bond motifs is 1. The molecule has 0 aliphatic carbocycles. The highest BCUT2D eigenvalue weighted by Gasteiger charge is 2.20. The summed E-state index contributed by atoms with van der Waals surface area (Å²) in [7, 11) is 0. The summed E-state index contributed by atoms with van der Waals surface area (Å²) in [4.78, 5) is 16.4. The Morgan fingerprint density at radius 1 is 1.00 bits per heavy atom. The van der Waals surface area contributed by atoms with Crippen molar-refractivity contribution in [3.63, 3.8) is 0 Å². The molecule has 0 aliphatic rings. The highest BCUT2D eigenvalue weighted by Crippen LogP contribution is 2.30. The Morgan fingerprint density at radius 3 is 2.29 bits per heavy atom. The van der Waals surface area contributed by atoms with Crippen molar-refractivity contribution in [1.82, 2.24) is 9.55 Å². The van der Waals surface area contributed by atoms with Crippen LogP contribution in [-0.4, -0.2) is 20.6 Å². The lowest BCUT2D eigenvalue weighted by Gasteiger charge is -2.17. The molecule has 0 bridgehead atoms. The maximum atomic E-state index is 11.5. The molecule has 1 atom stereocenters. The van der Waals surface area contributed by atoms with Gasteiger partial charge in [-0.15, -0.1) is 0 Å². The third kappa shape index (κ3) is 5.68. The Balaban J connectivity index is 0.00000158. The van der Waals surface area contributed by atoms with Crippen LogP contribution in [0.3, 0.4) is 0 Å². The van der Waals surface area contributed by atoms with Crippen molar-refractivity contribution in [1.29, 1.82) is 0 Å². The van der Waals surface area contributed by atoms with Crippen molar-refractivity contribution >= 4 is 28.6 Å². The van der Waals surface area contributed by atoms with Crippen LogP contribution in [0, 0.1) is 5.92 Å². The van der Waals surface area contributed by atoms with E-state index in [1.807, 2.05) is 44.2 Å². The second-order valence-corrected chi connectivity index (χ2v) is 9.12. The van der Waals surface area contributed by atoms with Crippen LogP contribution in [0.1, 0.15) is 73.4 Å². The molecular weight excluding hydrogens is 444 g/mol. The summed E-state index contributed by atoms with van der Waals surface area (Å²) in [5.74, 6) is 0.578. The van der Waals surface area contributed by atoms with Gasteiger partial charge in [0.1, 0.15) is 5.82 Å². The van der Waals surface area contributed by atoms with E-state index in [0.717, 1.165) is 23.3 Å². The van der Waals surface area contributed by atoms with Crippen molar-refractivity contribution in [3.05, 3.63) is 99.8 Å². The minimum absolute atomic E-state index is 0.0336. The topological polar surface area (TPSA) is 55.1 Å². The van der Waals surface area contributed by atoms with E-state index in [9.17, 15) is 9.90 Å². The van der Waals surface area contributed by atoms with Crippen LogP contribution < -0.4 is 0 Å². The first-order valence-corrected chi connectivity index (χ1v) is 12.3. The lowest BCUT2D eigenvalue weighted by molar-refractivity contribution is 0.0697. The number of imidazole rings is 1. The summed E-state index contributed by atoms with van der Waals surface area (Å²) in [6.07, 6.45) is 1.05. The van der Waals surface area contributed by atoms with Gasteiger partial charge in [0.15, 0.2) is 0 Å². The largest absolute Gasteiger partial charge is 0.478 e. The van der Waals surface area contributed by atoms with Gasteiger partial charge in [0, 0.05) is 10.9 Å². The second kappa shape index (κ2) is 11.3. The lowest BCUT2D eigenvalue weighted by Crippen LogP contribution is -2.10. The predicted octanol–water partition coefficient (Wildman–Crippen LogP) is 7.81. The van der Waals surface area contributed by atoms with Gasteiger partial charge >= 0.3 is 5.97 Å². The minimum atomic E-state index is -0.956. The minimum Gasteiger partial charge on any atom is -0.478 e. The SMILES string of the molecule is CC.CC(C)Cc1ccc(C(C)c2nc3cc(C(=O)O)ccc3n2Cc2ccccc2Cl)cc1. The lowest BCUT2D eigenvalue weighted by atomic mass is 9.96. The zero-order chi connectivity index (χ0) is 24.8. The summed E-state index contributed by atoms with van der Waals surface area (Å²) in [6, 6.07) is 21.6. The molecule has 4 aromatic rings. The van der Waals surface area contributed by atoms with Crippen LogP contribution in [0.25, 0.3) is 11.0 Å². The van der Waals surface area contributed by atoms with Gasteiger partial charge in [-0.25, -0.2) is 9.78 Å². The Bertz CT molecular complexity index is 1260. The van der Waals surface area contributed by atoms with Crippen LogP contribution in [0.2, 0.25) is 5.02 Å². The van der Waals surface area contributed by atoms with Crippen LogP contribution in [0.15, 0.2) is 66.7 Å². The molecule has 1 unspecified atom stereocenters. The van der Waals surface area contributed by atoms with Crippen molar-refractivity contribution in [2.45, 2.75) is 53.5 Å². The van der Waals surface area contributed by atoms with E-state index in [4.69, 9.17) is 16.6 Å². The molecule has 1 aromatic heterocycles. The number of carboxylic acids is 1. The molecule has 4 rings (SSSR count). The number of benzene rings is 3. The van der Waals surface area contributed by atoms with Crippen LogP contribution in [-0.2, 0) is 13.0 Å². The molecule has 0 radical (unpaired) electrons. The smallest absolute Gasteiger partial charge is 0.335 e. The van der Waals surface area contributed by atoms with Gasteiger partial charge in [-0.2, -0.15) is 0 Å². The number of aromatic carboxylic acids is 1. The molecular formula is C29H33ClN2O2. The number of nitrogens with zero attached hydrogens (tertiary/aromatic N) is 2. The van der Waals surface area contributed by atoms with Crippen LogP contribution >= 0.6 is 11.6 Å². The molecule has 0 spiro atoms. The van der Waals surface area contributed by atoms with Gasteiger partial charge in [0.25, 0.3) is 0 Å². The van der Waals surface area contributed by atoms with E-state index in [2.05, 4.69) is 49.6 Å². The van der Waals surface area contributed by atoms with Gasteiger partial charge in [0.05, 0.1) is 23.1 Å². The van der Waals surface area contributed by atoms with E-state index >= 15 is 0 Å². The molecule has 178 valence electrons. The number of aromatic nitrogens is 2. The van der Waals surface area contributed by atoms with E-state index in [1.165, 1.54) is 11.1 Å². The summed E-state index contributed by atoms with van der Waals surface area (Å²) < 4.78 is 2.15. The van der Waals surface area contributed by atoms with E-state index in [0.29, 0.717) is 23.0 Å². The first-order valence-electron chi connectivity index (χ1n) is 11.9. The summed E-state index contributed by atoms with van der Waals surface area (Å²) in [5, 5.41) is 10.1. The number of halogens is 1. The van der Waals surface area contributed by atoms with Crippen molar-refractivity contribution in [2.24, 2.45) is 5.92 Å². The molecule has 0 fully saturated rings. The molecule has 4 nitrogen and oxygen atoms in total. The van der Waals surface area contributed by atoms with Crippen LogP contribution in [0.5, 0.6) is 0 Å². The number of hydrogen-bond acceptors (Lipinski definition) is 2. The van der Waals surface area contributed by atoms with Gasteiger partial charge in [-0.05, 0) is 53.3 Å². The summed E-state index contributed by atoms with van der Waals surface area (Å²) >= 11 is 6.46. The molecule has 34 heavy (non-hydrogen) atoms. The average Bonchev–Trinajstić information content (AvgIpc) is 3.19. The van der Waals surface area contributed by atoms with Gasteiger partial charge in [0.2, 0.25) is 0 Å². The maximum Gasteiger partial charge on any atom is 0.335 e. The summed E-state index contributed by atoms with van der Waals surface area (Å²) in [6.45, 7) is 11.1. The standard InChI is InChI=1S/C27H27ClN2O2.C2H6/c1-17(2)14-19-8-10-20(11-9-19)18(3)26-29-24-15-21(27(31)32)12-13-25(24)30(26)16-22-6-4-5-7-23(22)28;1-2/h4-13,15,17-18H,14,16H2,1-3H3,(H,31,32);1-2H3. The van der Waals surface area contributed by atoms with E-state index < -0.39 is 5.97 Å². The number of rotatable bonds is 7. The first kappa shape index (κ1) is 25.5. The molecule has 0 amide bonds. The fourth-order valence-electron chi connectivity index (χ4n) is 4.14. The molecule has 1 N–H and O–H groups in total. The molecule has 0 saturated heterocycles. The Morgan fingerprint density at radius 2 is 1.68 bits per heavy atom. The van der Waals surface area contributed by atoms with Crippen molar-refractivity contribution < 1.29 is 9.90 Å². The fraction of sp³-hybridized carbons (Fsp3) is 0.310. The highest BCUT2D eigenvalue weighted by molar-refractivity contribution is 6.31. The molecule has 1 heterocycles. The normalized spacial score (nSPS) is 11.9.